The van der Waals surface area contributed by atoms with Crippen LogP contribution in [-0.2, 0) is 0 Å². The molecule has 0 rings (SSSR count). The molecule has 2 heteroatoms. The molecule has 0 aromatic carbocycles. The first kappa shape index (κ1) is 18.9. The summed E-state index contributed by atoms with van der Waals surface area (Å²) >= 11 is 0. The highest BCUT2D eigenvalue weighted by molar-refractivity contribution is 4.84. The second kappa shape index (κ2) is 9.77. The van der Waals surface area contributed by atoms with Crippen molar-refractivity contribution in [3.63, 3.8) is 0 Å². The number of hydrogen-bond donors (Lipinski definition) is 1. The molecule has 2 nitrogen and oxygen atoms in total. The van der Waals surface area contributed by atoms with Gasteiger partial charge < -0.3 is 10.2 Å². The van der Waals surface area contributed by atoms with Crippen molar-refractivity contribution in [2.24, 2.45) is 11.3 Å². The summed E-state index contributed by atoms with van der Waals surface area (Å²) in [6, 6.07) is 0.701. The zero-order valence-corrected chi connectivity index (χ0v) is 14.6. The second-order valence-electron chi connectivity index (χ2n) is 6.55. The number of nitrogens with one attached hydrogen (secondary N) is 1. The van der Waals surface area contributed by atoms with Gasteiger partial charge in [-0.2, -0.15) is 0 Å². The predicted octanol–water partition coefficient (Wildman–Crippen LogP) is 4.16. The average Bonchev–Trinajstić information content (AvgIpc) is 2.41. The number of nitrogens with zero attached hydrogens (tertiary/aromatic N) is 1. The molecular weight excluding hydrogens is 232 g/mol. The van der Waals surface area contributed by atoms with Gasteiger partial charge in [0.15, 0.2) is 0 Å². The topological polar surface area (TPSA) is 15.3 Å². The Kier molecular flexibility index (Phi) is 9.72. The average molecular weight is 271 g/mol. The lowest BCUT2D eigenvalue weighted by Crippen LogP contribution is -2.46. The Balaban J connectivity index is 4.58. The minimum absolute atomic E-state index is 0.439. The van der Waals surface area contributed by atoms with E-state index in [2.05, 4.69) is 58.7 Å². The Hall–Kier alpha value is -0.0800. The maximum Gasteiger partial charge on any atom is 0.00644 e. The molecule has 0 saturated carbocycles. The summed E-state index contributed by atoms with van der Waals surface area (Å²) in [7, 11) is 0. The monoisotopic (exact) mass is 270 g/mol. The van der Waals surface area contributed by atoms with Gasteiger partial charge in [-0.1, -0.05) is 41.5 Å². The van der Waals surface area contributed by atoms with E-state index < -0.39 is 0 Å². The van der Waals surface area contributed by atoms with Gasteiger partial charge in [-0.05, 0) is 50.6 Å². The van der Waals surface area contributed by atoms with Crippen molar-refractivity contribution >= 4 is 0 Å². The predicted molar refractivity (Wildman–Crippen MR) is 87.7 cm³/mol. The Labute approximate surface area is 122 Å². The Morgan fingerprint density at radius 2 is 1.58 bits per heavy atom. The fourth-order valence-electron chi connectivity index (χ4n) is 2.67. The van der Waals surface area contributed by atoms with E-state index in [1.165, 1.54) is 32.4 Å². The highest BCUT2D eigenvalue weighted by atomic mass is 15.2. The molecule has 1 atom stereocenters. The third kappa shape index (κ3) is 6.76. The molecule has 0 aliphatic carbocycles. The molecule has 1 N–H and O–H groups in total. The molecule has 0 bridgehead atoms. The summed E-state index contributed by atoms with van der Waals surface area (Å²) in [6.07, 6.45) is 3.78. The van der Waals surface area contributed by atoms with Gasteiger partial charge in [0.05, 0.1) is 0 Å². The zero-order chi connectivity index (χ0) is 14.9. The van der Waals surface area contributed by atoms with Crippen LogP contribution in [0.3, 0.4) is 0 Å². The van der Waals surface area contributed by atoms with Crippen LogP contribution in [0, 0.1) is 11.3 Å². The molecule has 0 aliphatic rings. The Morgan fingerprint density at radius 3 is 1.95 bits per heavy atom. The van der Waals surface area contributed by atoms with Crippen molar-refractivity contribution < 1.29 is 0 Å². The van der Waals surface area contributed by atoms with Gasteiger partial charge in [0.1, 0.15) is 0 Å². The van der Waals surface area contributed by atoms with Crippen LogP contribution in [-0.4, -0.2) is 37.1 Å². The SMILES string of the molecule is CCC(C)N(CC)CC(CC)(CC)CNCC(C)C. The van der Waals surface area contributed by atoms with E-state index in [9.17, 15) is 0 Å². The highest BCUT2D eigenvalue weighted by Gasteiger charge is 2.29. The summed E-state index contributed by atoms with van der Waals surface area (Å²) in [4.78, 5) is 2.66. The number of hydrogen-bond acceptors (Lipinski definition) is 2. The van der Waals surface area contributed by atoms with Gasteiger partial charge in [0.25, 0.3) is 0 Å². The smallest absolute Gasteiger partial charge is 0.00644 e. The lowest BCUT2D eigenvalue weighted by atomic mass is 9.81. The van der Waals surface area contributed by atoms with Crippen LogP contribution in [0.2, 0.25) is 0 Å². The summed E-state index contributed by atoms with van der Waals surface area (Å²) in [5.74, 6) is 0.739. The zero-order valence-electron chi connectivity index (χ0n) is 14.6. The van der Waals surface area contributed by atoms with Crippen LogP contribution >= 0.6 is 0 Å². The van der Waals surface area contributed by atoms with Crippen molar-refractivity contribution in [2.75, 3.05) is 26.2 Å². The summed E-state index contributed by atoms with van der Waals surface area (Å²) in [5, 5.41) is 3.69. The second-order valence-corrected chi connectivity index (χ2v) is 6.55. The van der Waals surface area contributed by atoms with E-state index in [0.717, 1.165) is 19.0 Å². The molecule has 116 valence electrons. The van der Waals surface area contributed by atoms with E-state index in [1.54, 1.807) is 0 Å². The van der Waals surface area contributed by atoms with E-state index in [1.807, 2.05) is 0 Å². The van der Waals surface area contributed by atoms with Crippen LogP contribution in [0.5, 0.6) is 0 Å². The molecule has 0 fully saturated rings. The molecule has 0 saturated heterocycles. The molecule has 0 aromatic rings. The van der Waals surface area contributed by atoms with Crippen molar-refractivity contribution in [1.29, 1.82) is 0 Å². The fourth-order valence-corrected chi connectivity index (χ4v) is 2.67. The van der Waals surface area contributed by atoms with Gasteiger partial charge in [0, 0.05) is 19.1 Å². The van der Waals surface area contributed by atoms with Gasteiger partial charge in [-0.3, -0.25) is 0 Å². The third-order valence-corrected chi connectivity index (χ3v) is 4.71. The van der Waals surface area contributed by atoms with E-state index in [4.69, 9.17) is 0 Å². The van der Waals surface area contributed by atoms with Crippen molar-refractivity contribution in [3.8, 4) is 0 Å². The molecule has 0 amide bonds. The Morgan fingerprint density at radius 1 is 1.00 bits per heavy atom. The molecule has 19 heavy (non-hydrogen) atoms. The quantitative estimate of drug-likeness (QED) is 0.606. The minimum atomic E-state index is 0.439. The fraction of sp³-hybridized carbons (Fsp3) is 1.00. The van der Waals surface area contributed by atoms with Crippen LogP contribution in [0.4, 0.5) is 0 Å². The third-order valence-electron chi connectivity index (χ3n) is 4.71. The van der Waals surface area contributed by atoms with E-state index in [-0.39, 0.29) is 0 Å². The Bertz CT molecular complexity index is 209. The molecule has 0 spiro atoms. The normalized spacial score (nSPS) is 14.4. The maximum atomic E-state index is 3.69. The van der Waals surface area contributed by atoms with Crippen LogP contribution in [0.15, 0.2) is 0 Å². The lowest BCUT2D eigenvalue weighted by molar-refractivity contribution is 0.106. The first-order valence-electron chi connectivity index (χ1n) is 8.39. The molecule has 0 aliphatic heterocycles. The van der Waals surface area contributed by atoms with Crippen molar-refractivity contribution in [3.05, 3.63) is 0 Å². The van der Waals surface area contributed by atoms with Gasteiger partial charge in [-0.15, -0.1) is 0 Å². The van der Waals surface area contributed by atoms with Crippen LogP contribution < -0.4 is 5.32 Å². The molecule has 0 aromatic heterocycles. The maximum absolute atomic E-state index is 3.69. The van der Waals surface area contributed by atoms with E-state index in [0.29, 0.717) is 11.5 Å². The largest absolute Gasteiger partial charge is 0.316 e. The first-order valence-corrected chi connectivity index (χ1v) is 8.39. The molecule has 0 heterocycles. The van der Waals surface area contributed by atoms with Crippen molar-refractivity contribution in [2.45, 2.75) is 73.8 Å². The number of rotatable bonds is 11. The first-order chi connectivity index (χ1) is 8.94. The summed E-state index contributed by atoms with van der Waals surface area (Å²) in [5.41, 5.74) is 0.439. The van der Waals surface area contributed by atoms with Crippen LogP contribution in [0.1, 0.15) is 67.7 Å². The minimum Gasteiger partial charge on any atom is -0.316 e. The van der Waals surface area contributed by atoms with Gasteiger partial charge in [0.2, 0.25) is 0 Å². The standard InChI is InChI=1S/C17H38N2/c1-8-16(7)19(11-4)14-17(9-2,10-3)13-18-12-15(5)6/h15-16,18H,8-14H2,1-7H3. The molecule has 1 unspecified atom stereocenters. The summed E-state index contributed by atoms with van der Waals surface area (Å²) in [6.45, 7) is 20.9. The van der Waals surface area contributed by atoms with Crippen molar-refractivity contribution in [1.82, 2.24) is 10.2 Å². The highest BCUT2D eigenvalue weighted by Crippen LogP contribution is 2.28. The van der Waals surface area contributed by atoms with Crippen LogP contribution in [0.25, 0.3) is 0 Å². The molecular formula is C17H38N2. The van der Waals surface area contributed by atoms with E-state index >= 15 is 0 Å². The summed E-state index contributed by atoms with van der Waals surface area (Å²) < 4.78 is 0. The van der Waals surface area contributed by atoms with Gasteiger partial charge in [-0.25, -0.2) is 0 Å². The van der Waals surface area contributed by atoms with Gasteiger partial charge >= 0.3 is 0 Å². The lowest BCUT2D eigenvalue weighted by Gasteiger charge is -2.40. The molecule has 0 radical (unpaired) electrons.